The van der Waals surface area contributed by atoms with Gasteiger partial charge in [-0.25, -0.2) is 4.98 Å². The number of aromatic nitrogens is 2. The number of fused-ring (bicyclic) bond motifs is 1. The van der Waals surface area contributed by atoms with Crippen LogP contribution in [-0.2, 0) is 11.3 Å². The van der Waals surface area contributed by atoms with Gasteiger partial charge in [-0.3, -0.25) is 4.79 Å². The number of imidazole rings is 1. The van der Waals surface area contributed by atoms with Gasteiger partial charge >= 0.3 is 0 Å². The monoisotopic (exact) mass is 342 g/mol. The molecule has 4 rings (SSSR count). The van der Waals surface area contributed by atoms with Crippen LogP contribution in [0.3, 0.4) is 0 Å². The molecule has 0 bridgehead atoms. The molecule has 1 saturated heterocycles. The van der Waals surface area contributed by atoms with Gasteiger partial charge in [-0.15, -0.1) is 0 Å². The lowest BCUT2D eigenvalue weighted by molar-refractivity contribution is -0.131. The van der Waals surface area contributed by atoms with Crippen LogP contribution >= 0.6 is 0 Å². The van der Waals surface area contributed by atoms with Gasteiger partial charge in [0.15, 0.2) is 0 Å². The van der Waals surface area contributed by atoms with Crippen molar-refractivity contribution >= 4 is 16.9 Å². The van der Waals surface area contributed by atoms with Gasteiger partial charge in [-0.05, 0) is 45.5 Å². The van der Waals surface area contributed by atoms with E-state index in [0.717, 1.165) is 29.7 Å². The second kappa shape index (κ2) is 6.11. The van der Waals surface area contributed by atoms with Crippen LogP contribution in [0.25, 0.3) is 11.0 Å². The van der Waals surface area contributed by atoms with E-state index in [9.17, 15) is 9.90 Å². The molecule has 2 aliphatic rings. The van der Waals surface area contributed by atoms with Crippen LogP contribution in [0.5, 0.6) is 0 Å². The molecule has 0 spiro atoms. The molecule has 2 fully saturated rings. The van der Waals surface area contributed by atoms with Gasteiger partial charge in [0, 0.05) is 19.0 Å². The molecule has 1 aliphatic heterocycles. The molecule has 1 N–H and O–H groups in total. The Balaban J connectivity index is 1.54. The topological polar surface area (TPSA) is 61.6 Å². The first kappa shape index (κ1) is 16.5. The number of aliphatic hydroxyl groups is 1. The minimum absolute atomic E-state index is 0.0692. The summed E-state index contributed by atoms with van der Waals surface area (Å²) in [5.74, 6) is 1.60. The van der Waals surface area contributed by atoms with E-state index in [4.69, 9.17) is 4.98 Å². The number of hydrogen-bond acceptors (Lipinski definition) is 4. The number of amides is 1. The number of carbonyl (C=O) groups is 1. The van der Waals surface area contributed by atoms with Gasteiger partial charge in [0.25, 0.3) is 0 Å². The smallest absolute Gasteiger partial charge is 0.242 e. The van der Waals surface area contributed by atoms with E-state index in [1.807, 2.05) is 43.3 Å². The molecule has 1 amide bonds. The third-order valence-electron chi connectivity index (χ3n) is 5.22. The second-order valence-electron chi connectivity index (χ2n) is 7.85. The third-order valence-corrected chi connectivity index (χ3v) is 5.22. The summed E-state index contributed by atoms with van der Waals surface area (Å²) in [7, 11) is 3.89. The molecule has 25 heavy (non-hydrogen) atoms. The van der Waals surface area contributed by atoms with Gasteiger partial charge in [-0.2, -0.15) is 0 Å². The highest BCUT2D eigenvalue weighted by Gasteiger charge is 2.39. The fraction of sp³-hybridized carbons (Fsp3) is 0.579. The zero-order chi connectivity index (χ0) is 17.6. The molecule has 1 atom stereocenters. The maximum Gasteiger partial charge on any atom is 0.242 e. The molecule has 1 aliphatic carbocycles. The lowest BCUT2D eigenvalue weighted by Crippen LogP contribution is -2.44. The fourth-order valence-electron chi connectivity index (χ4n) is 3.94. The van der Waals surface area contributed by atoms with E-state index in [2.05, 4.69) is 4.57 Å². The van der Waals surface area contributed by atoms with E-state index >= 15 is 0 Å². The number of carbonyl (C=O) groups excluding carboxylic acids is 1. The van der Waals surface area contributed by atoms with E-state index in [1.165, 1.54) is 0 Å². The van der Waals surface area contributed by atoms with E-state index in [-0.39, 0.29) is 5.91 Å². The van der Waals surface area contributed by atoms with Crippen molar-refractivity contribution < 1.29 is 9.90 Å². The zero-order valence-electron chi connectivity index (χ0n) is 15.0. The first-order chi connectivity index (χ1) is 12.0. The van der Waals surface area contributed by atoms with Gasteiger partial charge < -0.3 is 19.5 Å². The summed E-state index contributed by atoms with van der Waals surface area (Å²) < 4.78 is 2.08. The summed E-state index contributed by atoms with van der Waals surface area (Å²) in [4.78, 5) is 21.4. The van der Waals surface area contributed by atoms with Crippen LogP contribution in [0.15, 0.2) is 24.3 Å². The van der Waals surface area contributed by atoms with Gasteiger partial charge in [-0.1, -0.05) is 12.1 Å². The molecule has 0 radical (unpaired) electrons. The van der Waals surface area contributed by atoms with Gasteiger partial charge in [0.2, 0.25) is 5.91 Å². The Hall–Kier alpha value is -1.92. The minimum Gasteiger partial charge on any atom is -0.387 e. The number of β-amino-alcohol motifs (C(OH)–C–C–N with tert-alkyl or cyclic N) is 1. The van der Waals surface area contributed by atoms with E-state index in [1.54, 1.807) is 4.90 Å². The van der Waals surface area contributed by atoms with Crippen molar-refractivity contribution in [2.75, 3.05) is 33.7 Å². The van der Waals surface area contributed by atoms with Crippen LogP contribution in [0.4, 0.5) is 0 Å². The number of rotatable bonds is 5. The molecule has 6 heteroatoms. The van der Waals surface area contributed by atoms with Crippen molar-refractivity contribution in [3.8, 4) is 0 Å². The number of benzene rings is 1. The molecule has 2 heterocycles. The average Bonchev–Trinajstić information content (AvgIpc) is 3.24. The van der Waals surface area contributed by atoms with Crippen LogP contribution in [0.2, 0.25) is 0 Å². The normalized spacial score (nSPS) is 23.8. The number of para-hydroxylation sites is 2. The zero-order valence-corrected chi connectivity index (χ0v) is 15.0. The van der Waals surface area contributed by atoms with Crippen molar-refractivity contribution in [2.24, 2.45) is 0 Å². The summed E-state index contributed by atoms with van der Waals surface area (Å²) in [6.07, 6.45) is 2.95. The third kappa shape index (κ3) is 3.28. The Bertz CT molecular complexity index is 796. The van der Waals surface area contributed by atoms with Gasteiger partial charge in [0.05, 0.1) is 23.2 Å². The number of likely N-dealkylation sites (N-methyl/N-ethyl adjacent to an activating group) is 1. The number of nitrogens with zero attached hydrogens (tertiary/aromatic N) is 4. The van der Waals surface area contributed by atoms with Gasteiger partial charge in [0.1, 0.15) is 12.4 Å². The minimum atomic E-state index is -0.796. The van der Waals surface area contributed by atoms with Crippen molar-refractivity contribution in [2.45, 2.75) is 37.3 Å². The standard InChI is InChI=1S/C19H26N4O2/c1-21(2)12-19(25)9-10-22(13-19)17(24)11-23-16-6-4-3-5-15(16)20-18(23)14-7-8-14/h3-6,14,25H,7-13H2,1-2H3/t19-/m1/s1. The van der Waals surface area contributed by atoms with E-state index in [0.29, 0.717) is 38.5 Å². The molecule has 1 saturated carbocycles. The van der Waals surface area contributed by atoms with Crippen LogP contribution < -0.4 is 0 Å². The molecule has 134 valence electrons. The molecule has 1 aromatic heterocycles. The molecule has 2 aromatic rings. The molecule has 0 unspecified atom stereocenters. The second-order valence-corrected chi connectivity index (χ2v) is 7.85. The quantitative estimate of drug-likeness (QED) is 0.893. The molecular weight excluding hydrogens is 316 g/mol. The highest BCUT2D eigenvalue weighted by Crippen LogP contribution is 2.40. The summed E-state index contributed by atoms with van der Waals surface area (Å²) in [6, 6.07) is 8.02. The number of hydrogen-bond donors (Lipinski definition) is 1. The lowest BCUT2D eigenvalue weighted by Gasteiger charge is -2.26. The Morgan fingerprint density at radius 1 is 1.36 bits per heavy atom. The maximum absolute atomic E-state index is 12.9. The highest BCUT2D eigenvalue weighted by atomic mass is 16.3. The average molecular weight is 342 g/mol. The molecule has 6 nitrogen and oxygen atoms in total. The summed E-state index contributed by atoms with van der Waals surface area (Å²) in [6.45, 7) is 1.92. The van der Waals surface area contributed by atoms with E-state index < -0.39 is 5.60 Å². The maximum atomic E-state index is 12.9. The molecule has 1 aromatic carbocycles. The lowest BCUT2D eigenvalue weighted by atomic mass is 10.0. The summed E-state index contributed by atoms with van der Waals surface area (Å²) >= 11 is 0. The summed E-state index contributed by atoms with van der Waals surface area (Å²) in [5, 5.41) is 10.7. The first-order valence-electron chi connectivity index (χ1n) is 9.05. The first-order valence-corrected chi connectivity index (χ1v) is 9.05. The van der Waals surface area contributed by atoms with Crippen LogP contribution in [0, 0.1) is 0 Å². The largest absolute Gasteiger partial charge is 0.387 e. The van der Waals surface area contributed by atoms with Crippen LogP contribution in [0.1, 0.15) is 31.0 Å². The molecular formula is C19H26N4O2. The Kier molecular flexibility index (Phi) is 4.04. The Morgan fingerprint density at radius 2 is 2.12 bits per heavy atom. The highest BCUT2D eigenvalue weighted by molar-refractivity contribution is 5.81. The van der Waals surface area contributed by atoms with Crippen molar-refractivity contribution in [3.05, 3.63) is 30.1 Å². The van der Waals surface area contributed by atoms with Crippen molar-refractivity contribution in [1.82, 2.24) is 19.4 Å². The SMILES string of the molecule is CN(C)C[C@]1(O)CCN(C(=O)Cn2c(C3CC3)nc3ccccc32)C1. The predicted octanol–water partition coefficient (Wildman–Crippen LogP) is 1.44. The summed E-state index contributed by atoms with van der Waals surface area (Å²) in [5.41, 5.74) is 1.19. The Labute approximate surface area is 148 Å². The Morgan fingerprint density at radius 3 is 2.84 bits per heavy atom. The van der Waals surface area contributed by atoms with Crippen LogP contribution in [-0.4, -0.2) is 69.7 Å². The van der Waals surface area contributed by atoms with Crippen molar-refractivity contribution in [3.63, 3.8) is 0 Å². The van der Waals surface area contributed by atoms with Crippen molar-refractivity contribution in [1.29, 1.82) is 0 Å². The number of likely N-dealkylation sites (tertiary alicyclic amines) is 1. The fourth-order valence-corrected chi connectivity index (χ4v) is 3.94. The predicted molar refractivity (Wildman–Crippen MR) is 96.4 cm³/mol.